The van der Waals surface area contributed by atoms with Crippen LogP contribution in [0.1, 0.15) is 0 Å². The van der Waals surface area contributed by atoms with Crippen LogP contribution in [-0.2, 0) is 0 Å². The number of aromatic nitrogens is 1. The molecule has 1 heterocycles. The van der Waals surface area contributed by atoms with Crippen LogP contribution in [0.4, 0.5) is 5.69 Å². The average molecular weight is 246 g/mol. The maximum absolute atomic E-state index is 11.7. The Kier molecular flexibility index (Phi) is 2.62. The smallest absolute Gasteiger partial charge is 0.249 e. The Labute approximate surface area is 110 Å². The minimum absolute atomic E-state index is 0.137. The Morgan fingerprint density at radius 2 is 1.79 bits per heavy atom. The molecule has 0 bridgehead atoms. The highest BCUT2D eigenvalue weighted by atomic mass is 16.1. The van der Waals surface area contributed by atoms with Crippen LogP contribution in [0.25, 0.3) is 26.9 Å². The summed E-state index contributed by atoms with van der Waals surface area (Å²) in [5.41, 5.74) is 3.00. The Hall–Kier alpha value is -2.86. The van der Waals surface area contributed by atoms with Gasteiger partial charge in [0.25, 0.3) is 0 Å². The van der Waals surface area contributed by atoms with E-state index in [1.807, 2.05) is 30.3 Å². The molecule has 0 aliphatic heterocycles. The number of hydrogen-bond donors (Lipinski definition) is 1. The third-order valence-electron chi connectivity index (χ3n) is 3.04. The maximum atomic E-state index is 11.7. The summed E-state index contributed by atoms with van der Waals surface area (Å²) in [6.45, 7) is 7.09. The van der Waals surface area contributed by atoms with E-state index in [9.17, 15) is 4.79 Å². The molecule has 0 amide bonds. The zero-order valence-corrected chi connectivity index (χ0v) is 10.1. The monoisotopic (exact) mass is 246 g/mol. The van der Waals surface area contributed by atoms with Gasteiger partial charge >= 0.3 is 0 Å². The third-order valence-corrected chi connectivity index (χ3v) is 3.04. The molecule has 0 saturated carbocycles. The highest BCUT2D eigenvalue weighted by Gasteiger charge is 2.06. The Balaban J connectivity index is 2.40. The van der Waals surface area contributed by atoms with Crippen LogP contribution in [0.15, 0.2) is 59.4 Å². The molecule has 3 nitrogen and oxygen atoms in total. The number of rotatable bonds is 1. The van der Waals surface area contributed by atoms with Gasteiger partial charge in [0, 0.05) is 11.6 Å². The van der Waals surface area contributed by atoms with Crippen LogP contribution in [0.2, 0.25) is 0 Å². The van der Waals surface area contributed by atoms with E-state index in [-0.39, 0.29) is 5.56 Å². The van der Waals surface area contributed by atoms with Crippen molar-refractivity contribution in [2.45, 2.75) is 0 Å². The number of pyridine rings is 1. The second kappa shape index (κ2) is 4.43. The molecule has 0 radical (unpaired) electrons. The highest BCUT2D eigenvalue weighted by molar-refractivity contribution is 5.96. The van der Waals surface area contributed by atoms with Gasteiger partial charge in [0.1, 0.15) is 0 Å². The molecule has 2 aromatic carbocycles. The summed E-state index contributed by atoms with van der Waals surface area (Å²) in [6.07, 6.45) is 0. The van der Waals surface area contributed by atoms with Gasteiger partial charge in [0.05, 0.1) is 6.57 Å². The molecule has 0 aliphatic rings. The van der Waals surface area contributed by atoms with Crippen LogP contribution >= 0.6 is 0 Å². The summed E-state index contributed by atoms with van der Waals surface area (Å²) in [4.78, 5) is 17.9. The number of nitrogens with one attached hydrogen (secondary N) is 1. The van der Waals surface area contributed by atoms with E-state index in [0.29, 0.717) is 5.69 Å². The van der Waals surface area contributed by atoms with Crippen LogP contribution in [0, 0.1) is 6.57 Å². The molecule has 3 aromatic rings. The first-order valence-corrected chi connectivity index (χ1v) is 5.88. The Bertz CT molecular complexity index is 842. The molecule has 0 spiro atoms. The minimum atomic E-state index is -0.137. The van der Waals surface area contributed by atoms with Crippen molar-refractivity contribution in [2.75, 3.05) is 0 Å². The van der Waals surface area contributed by atoms with Gasteiger partial charge < -0.3 is 4.98 Å². The van der Waals surface area contributed by atoms with Crippen LogP contribution in [0.3, 0.4) is 0 Å². The lowest BCUT2D eigenvalue weighted by molar-refractivity contribution is 1.31. The Morgan fingerprint density at radius 1 is 1.00 bits per heavy atom. The molecule has 0 saturated heterocycles. The Morgan fingerprint density at radius 3 is 2.53 bits per heavy atom. The number of H-pyrrole nitrogens is 1. The molecule has 0 unspecified atom stereocenters. The predicted octanol–water partition coefficient (Wildman–Crippen LogP) is 3.75. The van der Waals surface area contributed by atoms with Crippen molar-refractivity contribution >= 4 is 16.6 Å². The van der Waals surface area contributed by atoms with Gasteiger partial charge in [-0.15, -0.1) is 0 Å². The van der Waals surface area contributed by atoms with Gasteiger partial charge in [-0.2, -0.15) is 0 Å². The first kappa shape index (κ1) is 11.2. The molecule has 19 heavy (non-hydrogen) atoms. The van der Waals surface area contributed by atoms with Crippen molar-refractivity contribution in [1.82, 2.24) is 4.98 Å². The summed E-state index contributed by atoms with van der Waals surface area (Å²) < 4.78 is 0. The summed E-state index contributed by atoms with van der Waals surface area (Å²) in [7, 11) is 0. The van der Waals surface area contributed by atoms with Crippen LogP contribution in [-0.4, -0.2) is 4.98 Å². The average Bonchev–Trinajstić information content (AvgIpc) is 2.47. The van der Waals surface area contributed by atoms with Crippen molar-refractivity contribution in [2.24, 2.45) is 0 Å². The number of aromatic amines is 1. The van der Waals surface area contributed by atoms with Gasteiger partial charge in [0.2, 0.25) is 5.56 Å². The van der Waals surface area contributed by atoms with Crippen molar-refractivity contribution < 1.29 is 0 Å². The summed E-state index contributed by atoms with van der Waals surface area (Å²) in [5, 5.41) is 0.888. The molecule has 90 valence electrons. The zero-order chi connectivity index (χ0) is 13.2. The van der Waals surface area contributed by atoms with Gasteiger partial charge in [-0.25, -0.2) is 4.85 Å². The van der Waals surface area contributed by atoms with Gasteiger partial charge in [0.15, 0.2) is 5.69 Å². The van der Waals surface area contributed by atoms with E-state index in [0.717, 1.165) is 22.0 Å². The van der Waals surface area contributed by atoms with Crippen molar-refractivity contribution in [3.63, 3.8) is 0 Å². The molecule has 1 N–H and O–H groups in total. The fourth-order valence-electron chi connectivity index (χ4n) is 2.17. The highest BCUT2D eigenvalue weighted by Crippen LogP contribution is 2.28. The topological polar surface area (TPSA) is 37.2 Å². The molecule has 3 heteroatoms. The van der Waals surface area contributed by atoms with Crippen molar-refractivity contribution in [3.8, 4) is 11.1 Å². The summed E-state index contributed by atoms with van der Waals surface area (Å²) in [6, 6.07) is 16.6. The van der Waals surface area contributed by atoms with Crippen LogP contribution in [0.5, 0.6) is 0 Å². The van der Waals surface area contributed by atoms with E-state index in [1.165, 1.54) is 0 Å². The van der Waals surface area contributed by atoms with E-state index in [2.05, 4.69) is 9.83 Å². The number of benzene rings is 2. The van der Waals surface area contributed by atoms with Crippen molar-refractivity contribution in [1.29, 1.82) is 0 Å². The van der Waals surface area contributed by atoms with E-state index >= 15 is 0 Å². The SMILES string of the molecule is [C-]#[N+]c1ccc2[nH]c(=O)cc(-c3ccccc3)c2c1. The fourth-order valence-corrected chi connectivity index (χ4v) is 2.17. The number of hydrogen-bond acceptors (Lipinski definition) is 1. The molecule has 3 rings (SSSR count). The largest absolute Gasteiger partial charge is 0.322 e. The van der Waals surface area contributed by atoms with Crippen LogP contribution < -0.4 is 5.56 Å². The van der Waals surface area contributed by atoms with Gasteiger partial charge in [-0.1, -0.05) is 36.4 Å². The van der Waals surface area contributed by atoms with Gasteiger partial charge in [-0.05, 0) is 28.6 Å². The molecule has 0 atom stereocenters. The zero-order valence-electron chi connectivity index (χ0n) is 10.1. The first-order chi connectivity index (χ1) is 9.28. The van der Waals surface area contributed by atoms with E-state index in [4.69, 9.17) is 6.57 Å². The summed E-state index contributed by atoms with van der Waals surface area (Å²) in [5.74, 6) is 0. The lowest BCUT2D eigenvalue weighted by Gasteiger charge is -2.06. The third kappa shape index (κ3) is 2.00. The second-order valence-electron chi connectivity index (χ2n) is 4.25. The van der Waals surface area contributed by atoms with E-state index in [1.54, 1.807) is 24.3 Å². The maximum Gasteiger partial charge on any atom is 0.249 e. The molecule has 0 fully saturated rings. The summed E-state index contributed by atoms with van der Waals surface area (Å²) >= 11 is 0. The van der Waals surface area contributed by atoms with Crippen molar-refractivity contribution in [3.05, 3.63) is 76.4 Å². The standard InChI is InChI=1S/C16H10N2O/c1-17-12-7-8-15-14(9-12)13(10-16(19)18-15)11-5-3-2-4-6-11/h2-10H,(H,18,19). The fraction of sp³-hybridized carbons (Fsp3) is 0. The number of nitrogens with zero attached hydrogens (tertiary/aromatic N) is 1. The lowest BCUT2D eigenvalue weighted by atomic mass is 10.0. The predicted molar refractivity (Wildman–Crippen MR) is 76.3 cm³/mol. The normalized spacial score (nSPS) is 10.3. The molecular formula is C16H10N2O. The molecular weight excluding hydrogens is 236 g/mol. The quantitative estimate of drug-likeness (QED) is 0.652. The second-order valence-corrected chi connectivity index (χ2v) is 4.25. The van der Waals surface area contributed by atoms with E-state index < -0.39 is 0 Å². The van der Waals surface area contributed by atoms with Gasteiger partial charge in [-0.3, -0.25) is 4.79 Å². The number of fused-ring (bicyclic) bond motifs is 1. The molecule has 1 aromatic heterocycles. The minimum Gasteiger partial charge on any atom is -0.322 e. The molecule has 0 aliphatic carbocycles. The first-order valence-electron chi connectivity index (χ1n) is 5.88. The lowest BCUT2D eigenvalue weighted by Crippen LogP contribution is -2.04.